The lowest BCUT2D eigenvalue weighted by molar-refractivity contribution is 0.0477. The molecule has 0 spiro atoms. The molecular formula is C12H21N3O3. The monoisotopic (exact) mass is 255 g/mol. The average molecular weight is 255 g/mol. The van der Waals surface area contributed by atoms with Crippen LogP contribution >= 0.6 is 0 Å². The van der Waals surface area contributed by atoms with Crippen molar-refractivity contribution in [3.63, 3.8) is 0 Å². The van der Waals surface area contributed by atoms with E-state index in [9.17, 15) is 5.11 Å². The van der Waals surface area contributed by atoms with Gasteiger partial charge >= 0.3 is 0 Å². The standard InChI is InChI=1S/C12H21N3O3/c1-3-5-10(17-4-2)11-14-12(18-15-11)9-6-8(16)7-13-9/h8-10,13,16H,3-7H2,1-2H3. The summed E-state index contributed by atoms with van der Waals surface area (Å²) in [6, 6.07) is -0.0369. The van der Waals surface area contributed by atoms with Gasteiger partial charge in [0.1, 0.15) is 6.10 Å². The van der Waals surface area contributed by atoms with Gasteiger partial charge in [0.15, 0.2) is 0 Å². The lowest BCUT2D eigenvalue weighted by Crippen LogP contribution is -2.15. The van der Waals surface area contributed by atoms with Crippen LogP contribution in [-0.4, -0.2) is 34.5 Å². The number of hydrogen-bond donors (Lipinski definition) is 2. The molecule has 6 heteroatoms. The van der Waals surface area contributed by atoms with Crippen LogP contribution in [0.5, 0.6) is 0 Å². The molecule has 0 bridgehead atoms. The highest BCUT2D eigenvalue weighted by Gasteiger charge is 2.29. The number of ether oxygens (including phenoxy) is 1. The van der Waals surface area contributed by atoms with Crippen molar-refractivity contribution in [3.05, 3.63) is 11.7 Å². The number of nitrogens with zero attached hydrogens (tertiary/aromatic N) is 2. The lowest BCUT2D eigenvalue weighted by atomic mass is 10.2. The summed E-state index contributed by atoms with van der Waals surface area (Å²) in [5.74, 6) is 1.15. The van der Waals surface area contributed by atoms with Gasteiger partial charge < -0.3 is 19.7 Å². The number of hydrogen-bond acceptors (Lipinski definition) is 6. The summed E-state index contributed by atoms with van der Waals surface area (Å²) in [6.45, 7) is 5.27. The molecule has 3 atom stereocenters. The zero-order chi connectivity index (χ0) is 13.0. The Kier molecular flexibility index (Phi) is 4.68. The van der Waals surface area contributed by atoms with Crippen LogP contribution < -0.4 is 5.32 Å². The summed E-state index contributed by atoms with van der Waals surface area (Å²) in [4.78, 5) is 4.39. The molecule has 2 rings (SSSR count). The first-order valence-electron chi connectivity index (χ1n) is 6.61. The molecule has 1 fully saturated rings. The molecule has 0 aromatic carbocycles. The quantitative estimate of drug-likeness (QED) is 0.798. The Hall–Kier alpha value is -0.980. The fraction of sp³-hybridized carbons (Fsp3) is 0.833. The molecule has 1 aliphatic heterocycles. The van der Waals surface area contributed by atoms with Crippen molar-refractivity contribution in [1.82, 2.24) is 15.5 Å². The van der Waals surface area contributed by atoms with E-state index in [0.29, 0.717) is 31.3 Å². The second-order valence-corrected chi connectivity index (χ2v) is 4.57. The van der Waals surface area contributed by atoms with E-state index >= 15 is 0 Å². The highest BCUT2D eigenvalue weighted by Crippen LogP contribution is 2.25. The Morgan fingerprint density at radius 1 is 1.56 bits per heavy atom. The minimum atomic E-state index is -0.330. The van der Waals surface area contributed by atoms with Crippen molar-refractivity contribution >= 4 is 0 Å². The van der Waals surface area contributed by atoms with E-state index in [1.165, 1.54) is 0 Å². The Morgan fingerprint density at radius 2 is 2.39 bits per heavy atom. The van der Waals surface area contributed by atoms with Gasteiger partial charge in [-0.05, 0) is 19.8 Å². The van der Waals surface area contributed by atoms with Gasteiger partial charge in [0.05, 0.1) is 12.1 Å². The third-order valence-corrected chi connectivity index (χ3v) is 3.07. The Bertz CT molecular complexity index is 363. The van der Waals surface area contributed by atoms with Crippen molar-refractivity contribution in [1.29, 1.82) is 0 Å². The van der Waals surface area contributed by atoms with Crippen molar-refractivity contribution in [3.8, 4) is 0 Å². The summed E-state index contributed by atoms with van der Waals surface area (Å²) in [6.07, 6.45) is 2.09. The molecule has 1 saturated heterocycles. The molecule has 6 nitrogen and oxygen atoms in total. The van der Waals surface area contributed by atoms with E-state index < -0.39 is 0 Å². The van der Waals surface area contributed by atoms with Crippen LogP contribution in [0.4, 0.5) is 0 Å². The van der Waals surface area contributed by atoms with E-state index in [2.05, 4.69) is 22.4 Å². The summed E-state index contributed by atoms with van der Waals surface area (Å²) < 4.78 is 10.9. The summed E-state index contributed by atoms with van der Waals surface area (Å²) in [5, 5.41) is 16.6. The maximum atomic E-state index is 9.47. The minimum absolute atomic E-state index is 0.0369. The van der Waals surface area contributed by atoms with Crippen LogP contribution in [0.1, 0.15) is 57.0 Å². The van der Waals surface area contributed by atoms with E-state index in [1.54, 1.807) is 0 Å². The Balaban J connectivity index is 2.03. The van der Waals surface area contributed by atoms with Crippen LogP contribution in [0.15, 0.2) is 4.52 Å². The molecule has 0 radical (unpaired) electrons. The van der Waals surface area contributed by atoms with Crippen molar-refractivity contribution in [2.45, 2.75) is 51.4 Å². The SMILES string of the molecule is CCCC(OCC)c1noc(C2CC(O)CN2)n1. The largest absolute Gasteiger partial charge is 0.392 e. The van der Waals surface area contributed by atoms with Gasteiger partial charge in [0.2, 0.25) is 11.7 Å². The number of aromatic nitrogens is 2. The van der Waals surface area contributed by atoms with Gasteiger partial charge in [-0.25, -0.2) is 0 Å². The molecule has 2 N–H and O–H groups in total. The number of aliphatic hydroxyl groups is 1. The van der Waals surface area contributed by atoms with Crippen molar-refractivity contribution in [2.24, 2.45) is 0 Å². The molecular weight excluding hydrogens is 234 g/mol. The summed E-state index contributed by atoms with van der Waals surface area (Å²) in [7, 11) is 0. The predicted molar refractivity (Wildman–Crippen MR) is 64.9 cm³/mol. The molecule has 3 unspecified atom stereocenters. The second kappa shape index (κ2) is 6.26. The van der Waals surface area contributed by atoms with Gasteiger partial charge in [-0.2, -0.15) is 4.98 Å². The van der Waals surface area contributed by atoms with Gasteiger partial charge in [0, 0.05) is 13.2 Å². The smallest absolute Gasteiger partial charge is 0.243 e. The van der Waals surface area contributed by atoms with Crippen LogP contribution in [-0.2, 0) is 4.74 Å². The molecule has 1 aromatic heterocycles. The van der Waals surface area contributed by atoms with Gasteiger partial charge in [-0.3, -0.25) is 0 Å². The average Bonchev–Trinajstić information content (AvgIpc) is 2.97. The summed E-state index contributed by atoms with van der Waals surface area (Å²) >= 11 is 0. The van der Waals surface area contributed by atoms with Gasteiger partial charge in [0.25, 0.3) is 0 Å². The second-order valence-electron chi connectivity index (χ2n) is 4.57. The normalized spacial score (nSPS) is 25.5. The zero-order valence-electron chi connectivity index (χ0n) is 10.9. The van der Waals surface area contributed by atoms with E-state index in [1.807, 2.05) is 6.92 Å². The Morgan fingerprint density at radius 3 is 3.00 bits per heavy atom. The van der Waals surface area contributed by atoms with E-state index in [4.69, 9.17) is 9.26 Å². The number of aliphatic hydroxyl groups excluding tert-OH is 1. The number of β-amino-alcohol motifs (C(OH)–C–C–N with tert-alkyl or cyclic N) is 1. The molecule has 0 aliphatic carbocycles. The minimum Gasteiger partial charge on any atom is -0.392 e. The predicted octanol–water partition coefficient (Wildman–Crippen LogP) is 1.34. The first-order valence-corrected chi connectivity index (χ1v) is 6.61. The molecule has 1 aromatic rings. The molecule has 2 heterocycles. The van der Waals surface area contributed by atoms with E-state index in [-0.39, 0.29) is 18.2 Å². The fourth-order valence-corrected chi connectivity index (χ4v) is 2.18. The maximum absolute atomic E-state index is 9.47. The molecule has 0 amide bonds. The van der Waals surface area contributed by atoms with Crippen LogP contribution in [0.2, 0.25) is 0 Å². The Labute approximate surface area is 107 Å². The third kappa shape index (κ3) is 3.07. The molecule has 18 heavy (non-hydrogen) atoms. The lowest BCUT2D eigenvalue weighted by Gasteiger charge is -2.11. The van der Waals surface area contributed by atoms with Gasteiger partial charge in [-0.15, -0.1) is 0 Å². The maximum Gasteiger partial charge on any atom is 0.243 e. The first kappa shape index (κ1) is 13.5. The fourth-order valence-electron chi connectivity index (χ4n) is 2.18. The summed E-state index contributed by atoms with van der Waals surface area (Å²) in [5.41, 5.74) is 0. The zero-order valence-corrected chi connectivity index (χ0v) is 10.9. The highest BCUT2D eigenvalue weighted by atomic mass is 16.5. The van der Waals surface area contributed by atoms with E-state index in [0.717, 1.165) is 12.8 Å². The van der Waals surface area contributed by atoms with Crippen LogP contribution in [0, 0.1) is 0 Å². The molecule has 1 aliphatic rings. The first-order chi connectivity index (χ1) is 8.74. The van der Waals surface area contributed by atoms with Crippen molar-refractivity contribution in [2.75, 3.05) is 13.2 Å². The number of rotatable bonds is 6. The van der Waals surface area contributed by atoms with Crippen molar-refractivity contribution < 1.29 is 14.4 Å². The third-order valence-electron chi connectivity index (χ3n) is 3.07. The topological polar surface area (TPSA) is 80.4 Å². The van der Waals surface area contributed by atoms with Crippen LogP contribution in [0.25, 0.3) is 0 Å². The van der Waals surface area contributed by atoms with Gasteiger partial charge in [-0.1, -0.05) is 18.5 Å². The molecule has 102 valence electrons. The van der Waals surface area contributed by atoms with Crippen LogP contribution in [0.3, 0.4) is 0 Å². The highest BCUT2D eigenvalue weighted by molar-refractivity contribution is 4.99. The molecule has 0 saturated carbocycles. The number of nitrogens with one attached hydrogen (secondary N) is 1.